The minimum Gasteiger partial charge on any atom is -0.459 e. The van der Waals surface area contributed by atoms with Gasteiger partial charge in [-0.05, 0) is 37.5 Å². The van der Waals surface area contributed by atoms with Crippen LogP contribution in [0.1, 0.15) is 41.9 Å². The van der Waals surface area contributed by atoms with Crippen molar-refractivity contribution in [1.29, 1.82) is 0 Å². The van der Waals surface area contributed by atoms with E-state index in [0.29, 0.717) is 17.6 Å². The fourth-order valence-electron chi connectivity index (χ4n) is 3.87. The smallest absolute Gasteiger partial charge is 0.295 e. The Bertz CT molecular complexity index is 882. The minimum atomic E-state index is -0.167. The summed E-state index contributed by atoms with van der Waals surface area (Å²) in [5.41, 5.74) is 1.32. The van der Waals surface area contributed by atoms with Crippen LogP contribution < -0.4 is 4.90 Å². The summed E-state index contributed by atoms with van der Waals surface area (Å²) in [6.07, 6.45) is 8.14. The van der Waals surface area contributed by atoms with Crippen LogP contribution in [0.15, 0.2) is 71.7 Å². The van der Waals surface area contributed by atoms with Crippen molar-refractivity contribution in [2.45, 2.75) is 31.8 Å². The number of hydrogen-bond donors (Lipinski definition) is 0. The van der Waals surface area contributed by atoms with E-state index in [1.165, 1.54) is 11.8 Å². The molecule has 0 aliphatic carbocycles. The lowest BCUT2D eigenvalue weighted by Crippen LogP contribution is -2.48. The predicted molar refractivity (Wildman–Crippen MR) is 114 cm³/mol. The molecule has 0 radical (unpaired) electrons. The Hall–Kier alpha value is -2.70. The molecule has 1 saturated heterocycles. The molecule has 6 nitrogen and oxygen atoms in total. The highest BCUT2D eigenvalue weighted by Crippen LogP contribution is 2.28. The summed E-state index contributed by atoms with van der Waals surface area (Å²) in [5.74, 6) is 0.726. The Morgan fingerprint density at radius 3 is 2.52 bits per heavy atom. The second kappa shape index (κ2) is 9.67. The Morgan fingerprint density at radius 1 is 1.14 bits per heavy atom. The highest BCUT2D eigenvalue weighted by atomic mass is 35.5. The van der Waals surface area contributed by atoms with E-state index in [2.05, 4.69) is 46.1 Å². The molecule has 1 unspecified atom stereocenters. The largest absolute Gasteiger partial charge is 0.459 e. The Labute approximate surface area is 177 Å². The molecule has 3 aromatic rings. The van der Waals surface area contributed by atoms with E-state index in [1.807, 2.05) is 6.07 Å². The van der Waals surface area contributed by atoms with Crippen molar-refractivity contribution in [3.8, 4) is 0 Å². The van der Waals surface area contributed by atoms with Gasteiger partial charge in [-0.1, -0.05) is 30.3 Å². The molecule has 7 heteroatoms. The van der Waals surface area contributed by atoms with Crippen LogP contribution in [-0.4, -0.2) is 39.9 Å². The molecule has 2 aromatic heterocycles. The van der Waals surface area contributed by atoms with Crippen LogP contribution in [0, 0.1) is 0 Å². The number of anilines is 1. The van der Waals surface area contributed by atoms with Gasteiger partial charge in [0, 0.05) is 37.6 Å². The normalized spacial score (nSPS) is 16.0. The van der Waals surface area contributed by atoms with Crippen molar-refractivity contribution in [1.82, 2.24) is 14.9 Å². The van der Waals surface area contributed by atoms with E-state index in [-0.39, 0.29) is 24.4 Å². The van der Waals surface area contributed by atoms with Crippen molar-refractivity contribution in [3.63, 3.8) is 0 Å². The van der Waals surface area contributed by atoms with Gasteiger partial charge >= 0.3 is 0 Å². The zero-order valence-corrected chi connectivity index (χ0v) is 17.2. The van der Waals surface area contributed by atoms with Crippen LogP contribution in [0.4, 0.5) is 5.82 Å². The Morgan fingerprint density at radius 2 is 1.90 bits per heavy atom. The lowest BCUT2D eigenvalue weighted by molar-refractivity contribution is 0.0922. The molecule has 29 heavy (non-hydrogen) atoms. The second-order valence-corrected chi connectivity index (χ2v) is 7.07. The highest BCUT2D eigenvalue weighted by Gasteiger charge is 2.33. The number of rotatable bonds is 5. The van der Waals surface area contributed by atoms with Gasteiger partial charge in [0.25, 0.3) is 5.91 Å². The first kappa shape index (κ1) is 21.0. The minimum absolute atomic E-state index is 0. The molecule has 0 N–H and O–H groups in total. The summed E-state index contributed by atoms with van der Waals surface area (Å²) < 4.78 is 5.36. The molecule has 0 bridgehead atoms. The summed E-state index contributed by atoms with van der Waals surface area (Å²) >= 11 is 0. The zero-order chi connectivity index (χ0) is 19.3. The number of likely N-dealkylation sites (tertiary alicyclic amines) is 1. The third-order valence-electron chi connectivity index (χ3n) is 5.44. The van der Waals surface area contributed by atoms with Crippen LogP contribution in [-0.2, 0) is 0 Å². The van der Waals surface area contributed by atoms with Gasteiger partial charge in [-0.3, -0.25) is 19.6 Å². The number of benzene rings is 1. The first-order chi connectivity index (χ1) is 13.7. The third kappa shape index (κ3) is 4.66. The van der Waals surface area contributed by atoms with Gasteiger partial charge in [-0.15, -0.1) is 12.4 Å². The van der Waals surface area contributed by atoms with Crippen LogP contribution in [0.2, 0.25) is 0 Å². The van der Waals surface area contributed by atoms with Crippen LogP contribution in [0.5, 0.6) is 0 Å². The van der Waals surface area contributed by atoms with Gasteiger partial charge in [0.2, 0.25) is 0 Å². The maximum Gasteiger partial charge on any atom is 0.295 e. The standard InChI is InChI=1S/C22H24N4O2.ClH/c1-17(18-6-3-2-4-7-18)25-13-9-19(10-14-25)26(21-16-23-11-12-24-21)22(27)20-8-5-15-28-20;/h2-8,11-12,15-17,19H,9-10,13-14H2,1H3;1H. The molecule has 1 fully saturated rings. The first-order valence-electron chi connectivity index (χ1n) is 9.66. The van der Waals surface area contributed by atoms with E-state index < -0.39 is 0 Å². The number of hydrogen-bond acceptors (Lipinski definition) is 5. The SMILES string of the molecule is CC(c1ccccc1)N1CCC(N(C(=O)c2ccco2)c2cnccn2)CC1.Cl. The Kier molecular flexibility index (Phi) is 7.01. The summed E-state index contributed by atoms with van der Waals surface area (Å²) in [4.78, 5) is 25.8. The van der Waals surface area contributed by atoms with E-state index in [1.54, 1.807) is 35.6 Å². The molecule has 1 amide bonds. The lowest BCUT2D eigenvalue weighted by atomic mass is 9.98. The monoisotopic (exact) mass is 412 g/mol. The van der Waals surface area contributed by atoms with E-state index >= 15 is 0 Å². The number of piperidine rings is 1. The number of furan rings is 1. The molecule has 152 valence electrons. The molecule has 0 spiro atoms. The first-order valence-corrected chi connectivity index (χ1v) is 9.66. The maximum absolute atomic E-state index is 13.1. The molecule has 3 heterocycles. The van der Waals surface area contributed by atoms with E-state index in [0.717, 1.165) is 25.9 Å². The van der Waals surface area contributed by atoms with Gasteiger partial charge in [-0.25, -0.2) is 4.98 Å². The lowest BCUT2D eigenvalue weighted by Gasteiger charge is -2.40. The van der Waals surface area contributed by atoms with Crippen LogP contribution in [0.25, 0.3) is 0 Å². The summed E-state index contributed by atoms with van der Waals surface area (Å²) in [6.45, 7) is 4.08. The second-order valence-electron chi connectivity index (χ2n) is 7.07. The summed E-state index contributed by atoms with van der Waals surface area (Å²) in [5, 5.41) is 0. The zero-order valence-electron chi connectivity index (χ0n) is 16.3. The van der Waals surface area contributed by atoms with E-state index in [4.69, 9.17) is 4.42 Å². The van der Waals surface area contributed by atoms with Gasteiger partial charge < -0.3 is 4.42 Å². The fourth-order valence-corrected chi connectivity index (χ4v) is 3.87. The number of amides is 1. The van der Waals surface area contributed by atoms with E-state index in [9.17, 15) is 4.79 Å². The van der Waals surface area contributed by atoms with Gasteiger partial charge in [0.05, 0.1) is 12.5 Å². The number of aromatic nitrogens is 2. The summed E-state index contributed by atoms with van der Waals surface area (Å²) in [7, 11) is 0. The molecular weight excluding hydrogens is 388 g/mol. The van der Waals surface area contributed by atoms with Crippen molar-refractivity contribution in [2.75, 3.05) is 18.0 Å². The molecule has 4 rings (SSSR count). The van der Waals surface area contributed by atoms with Crippen molar-refractivity contribution in [3.05, 3.63) is 78.6 Å². The van der Waals surface area contributed by atoms with Crippen molar-refractivity contribution < 1.29 is 9.21 Å². The molecule has 1 aliphatic rings. The van der Waals surface area contributed by atoms with Crippen molar-refractivity contribution in [2.24, 2.45) is 0 Å². The quantitative estimate of drug-likeness (QED) is 0.622. The van der Waals surface area contributed by atoms with Gasteiger partial charge in [-0.2, -0.15) is 0 Å². The Balaban J connectivity index is 0.00000240. The molecular formula is C22H25ClN4O2. The third-order valence-corrected chi connectivity index (χ3v) is 5.44. The molecule has 1 aliphatic heterocycles. The molecule has 0 saturated carbocycles. The number of halogens is 1. The van der Waals surface area contributed by atoms with Crippen molar-refractivity contribution >= 4 is 24.1 Å². The maximum atomic E-state index is 13.1. The van der Waals surface area contributed by atoms with Gasteiger partial charge in [0.15, 0.2) is 11.6 Å². The van der Waals surface area contributed by atoms with Crippen LogP contribution >= 0.6 is 12.4 Å². The average molecular weight is 413 g/mol. The predicted octanol–water partition coefficient (Wildman–Crippen LogP) is 4.36. The molecule has 1 atom stereocenters. The fraction of sp³-hybridized carbons (Fsp3) is 0.318. The highest BCUT2D eigenvalue weighted by molar-refractivity contribution is 6.04. The average Bonchev–Trinajstić information content (AvgIpc) is 3.30. The van der Waals surface area contributed by atoms with Crippen LogP contribution in [0.3, 0.4) is 0 Å². The molecule has 1 aromatic carbocycles. The number of carbonyl (C=O) groups is 1. The number of carbonyl (C=O) groups excluding carboxylic acids is 1. The summed E-state index contributed by atoms with van der Waals surface area (Å²) in [6, 6.07) is 14.4. The van der Waals surface area contributed by atoms with Gasteiger partial charge in [0.1, 0.15) is 0 Å². The topological polar surface area (TPSA) is 62.5 Å². The number of nitrogens with zero attached hydrogens (tertiary/aromatic N) is 4.